The molecule has 1 fully saturated rings. The van der Waals surface area contributed by atoms with E-state index in [9.17, 15) is 4.39 Å². The molecule has 0 bridgehead atoms. The Bertz CT molecular complexity index is 951. The predicted octanol–water partition coefficient (Wildman–Crippen LogP) is 2.80. The molecule has 0 amide bonds. The summed E-state index contributed by atoms with van der Waals surface area (Å²) in [7, 11) is 1.79. The molecule has 130 valence electrons. The number of hydrogen-bond acceptors (Lipinski definition) is 6. The number of fused-ring (bicyclic) bond motifs is 1. The zero-order valence-corrected chi connectivity index (χ0v) is 14.3. The van der Waals surface area contributed by atoms with Crippen LogP contribution in [0.15, 0.2) is 24.4 Å². The quantitative estimate of drug-likeness (QED) is 0.647. The predicted molar refractivity (Wildman–Crippen MR) is 95.6 cm³/mol. The summed E-state index contributed by atoms with van der Waals surface area (Å²) in [6, 6.07) is 4.42. The maximum atomic E-state index is 14.1. The topological polar surface area (TPSA) is 93.7 Å². The highest BCUT2D eigenvalue weighted by atomic mass is 35.5. The van der Waals surface area contributed by atoms with Crippen molar-refractivity contribution < 1.29 is 4.39 Å². The molecular weight excluding hydrogens is 345 g/mol. The fourth-order valence-corrected chi connectivity index (χ4v) is 2.67. The van der Waals surface area contributed by atoms with Crippen LogP contribution < -0.4 is 16.4 Å². The molecule has 9 heteroatoms. The Hall–Kier alpha value is -2.45. The van der Waals surface area contributed by atoms with Crippen molar-refractivity contribution in [2.24, 2.45) is 12.8 Å². The molecule has 0 atom stereocenters. The lowest BCUT2D eigenvalue weighted by molar-refractivity contribution is 0.632. The van der Waals surface area contributed by atoms with Gasteiger partial charge in [-0.1, -0.05) is 11.6 Å². The highest BCUT2D eigenvalue weighted by Crippen LogP contribution is 2.32. The molecule has 1 aliphatic rings. The number of aromatic nitrogens is 4. The molecular formula is C16H17ClFN7. The van der Waals surface area contributed by atoms with Gasteiger partial charge in [-0.15, -0.1) is 0 Å². The minimum Gasteiger partial charge on any atom is -0.352 e. The second-order valence-corrected chi connectivity index (χ2v) is 6.80. The standard InChI is InChI=1S/C16H17ClFN7/c1-25-14-10(7-21-25)13(22-12-3-2-9(17)6-11(12)18)23-15(24-14)20-8-16(19)4-5-16/h2-3,6-7H,4-5,8,19H2,1H3,(H2,20,22,23,24). The maximum absolute atomic E-state index is 14.1. The van der Waals surface area contributed by atoms with Gasteiger partial charge in [-0.25, -0.2) is 4.39 Å². The van der Waals surface area contributed by atoms with Crippen molar-refractivity contribution in [3.05, 3.63) is 35.2 Å². The lowest BCUT2D eigenvalue weighted by Gasteiger charge is -2.13. The number of nitrogens with two attached hydrogens (primary N) is 1. The summed E-state index contributed by atoms with van der Waals surface area (Å²) in [6.07, 6.45) is 3.60. The molecule has 0 aliphatic heterocycles. The monoisotopic (exact) mass is 361 g/mol. The second kappa shape index (κ2) is 5.82. The number of hydrogen-bond donors (Lipinski definition) is 3. The molecule has 4 rings (SSSR count). The van der Waals surface area contributed by atoms with Gasteiger partial charge in [0.1, 0.15) is 11.6 Å². The van der Waals surface area contributed by atoms with Crippen molar-refractivity contribution in [1.29, 1.82) is 0 Å². The van der Waals surface area contributed by atoms with E-state index in [1.54, 1.807) is 30.1 Å². The fraction of sp³-hybridized carbons (Fsp3) is 0.312. The van der Waals surface area contributed by atoms with Gasteiger partial charge in [0.05, 0.1) is 17.3 Å². The van der Waals surface area contributed by atoms with Gasteiger partial charge in [0.25, 0.3) is 0 Å². The minimum absolute atomic E-state index is 0.180. The molecule has 7 nitrogen and oxygen atoms in total. The Morgan fingerprint density at radius 3 is 2.88 bits per heavy atom. The minimum atomic E-state index is -0.462. The van der Waals surface area contributed by atoms with Crippen LogP contribution >= 0.6 is 11.6 Å². The van der Waals surface area contributed by atoms with E-state index in [1.807, 2.05) is 0 Å². The summed E-state index contributed by atoms with van der Waals surface area (Å²) < 4.78 is 15.8. The summed E-state index contributed by atoms with van der Waals surface area (Å²) in [5.41, 5.74) is 6.83. The van der Waals surface area contributed by atoms with Gasteiger partial charge in [0.2, 0.25) is 5.95 Å². The zero-order chi connectivity index (χ0) is 17.6. The van der Waals surface area contributed by atoms with Gasteiger partial charge < -0.3 is 16.4 Å². The van der Waals surface area contributed by atoms with E-state index in [0.717, 1.165) is 12.8 Å². The van der Waals surface area contributed by atoms with Crippen LogP contribution in [0, 0.1) is 5.82 Å². The first kappa shape index (κ1) is 16.0. The van der Waals surface area contributed by atoms with Gasteiger partial charge >= 0.3 is 0 Å². The van der Waals surface area contributed by atoms with Crippen LogP contribution in [-0.2, 0) is 7.05 Å². The van der Waals surface area contributed by atoms with E-state index in [0.29, 0.717) is 34.4 Å². The third kappa shape index (κ3) is 3.22. The number of benzene rings is 1. The molecule has 0 unspecified atom stereocenters. The Kier molecular flexibility index (Phi) is 3.73. The second-order valence-electron chi connectivity index (χ2n) is 6.37. The molecule has 2 heterocycles. The van der Waals surface area contributed by atoms with Crippen LogP contribution in [-0.4, -0.2) is 31.8 Å². The summed E-state index contributed by atoms with van der Waals surface area (Å²) in [6.45, 7) is 0.588. The molecule has 1 saturated carbocycles. The van der Waals surface area contributed by atoms with E-state index in [2.05, 4.69) is 25.7 Å². The molecule has 0 saturated heterocycles. The SMILES string of the molecule is Cn1ncc2c(Nc3ccc(Cl)cc3F)nc(NCC3(N)CC3)nc21. The van der Waals surface area contributed by atoms with Gasteiger partial charge in [-0.2, -0.15) is 15.1 Å². The molecule has 3 aromatic rings. The first-order chi connectivity index (χ1) is 11.9. The van der Waals surface area contributed by atoms with Crippen LogP contribution in [0.3, 0.4) is 0 Å². The maximum Gasteiger partial charge on any atom is 0.226 e. The van der Waals surface area contributed by atoms with Crippen LogP contribution in [0.25, 0.3) is 11.0 Å². The number of nitrogens with zero attached hydrogens (tertiary/aromatic N) is 4. The summed E-state index contributed by atoms with van der Waals surface area (Å²) in [4.78, 5) is 8.93. The lowest BCUT2D eigenvalue weighted by atomic mass is 10.3. The summed E-state index contributed by atoms with van der Waals surface area (Å²) in [5.74, 6) is 0.421. The zero-order valence-electron chi connectivity index (χ0n) is 13.6. The van der Waals surface area contributed by atoms with Crippen molar-refractivity contribution >= 4 is 40.1 Å². The molecule has 0 radical (unpaired) electrons. The number of anilines is 3. The van der Waals surface area contributed by atoms with Gasteiger partial charge in [-0.05, 0) is 31.0 Å². The van der Waals surface area contributed by atoms with Crippen molar-refractivity contribution in [2.75, 3.05) is 17.2 Å². The van der Waals surface area contributed by atoms with Crippen LogP contribution in [0.1, 0.15) is 12.8 Å². The smallest absolute Gasteiger partial charge is 0.226 e. The highest BCUT2D eigenvalue weighted by Gasteiger charge is 2.38. The third-order valence-corrected chi connectivity index (χ3v) is 4.50. The first-order valence-corrected chi connectivity index (χ1v) is 8.26. The van der Waals surface area contributed by atoms with Crippen LogP contribution in [0.2, 0.25) is 5.02 Å². The molecule has 2 aromatic heterocycles. The summed E-state index contributed by atoms with van der Waals surface area (Å²) in [5, 5.41) is 11.4. The Balaban J connectivity index is 1.70. The first-order valence-electron chi connectivity index (χ1n) is 7.88. The molecule has 25 heavy (non-hydrogen) atoms. The van der Waals surface area contributed by atoms with Gasteiger partial charge in [0.15, 0.2) is 5.65 Å². The Labute approximate surface area is 148 Å². The Morgan fingerprint density at radius 2 is 2.16 bits per heavy atom. The highest BCUT2D eigenvalue weighted by molar-refractivity contribution is 6.30. The Morgan fingerprint density at radius 1 is 1.36 bits per heavy atom. The normalized spacial score (nSPS) is 15.4. The largest absolute Gasteiger partial charge is 0.352 e. The van der Waals surface area contributed by atoms with Crippen molar-refractivity contribution in [2.45, 2.75) is 18.4 Å². The van der Waals surface area contributed by atoms with E-state index in [4.69, 9.17) is 17.3 Å². The third-order valence-electron chi connectivity index (χ3n) is 4.27. The van der Waals surface area contributed by atoms with Crippen LogP contribution in [0.5, 0.6) is 0 Å². The molecule has 1 aromatic carbocycles. The number of halogens is 2. The van der Waals surface area contributed by atoms with Gasteiger partial charge in [-0.3, -0.25) is 4.68 Å². The fourth-order valence-electron chi connectivity index (χ4n) is 2.51. The van der Waals surface area contributed by atoms with Crippen LogP contribution in [0.4, 0.5) is 21.8 Å². The summed E-state index contributed by atoms with van der Waals surface area (Å²) >= 11 is 5.80. The van der Waals surface area contributed by atoms with Crippen molar-refractivity contribution in [3.8, 4) is 0 Å². The molecule has 0 spiro atoms. The van der Waals surface area contributed by atoms with Gasteiger partial charge in [0, 0.05) is 24.2 Å². The number of rotatable bonds is 5. The lowest BCUT2D eigenvalue weighted by Crippen LogP contribution is -2.31. The average molecular weight is 362 g/mol. The molecule has 1 aliphatic carbocycles. The van der Waals surface area contributed by atoms with E-state index in [1.165, 1.54) is 6.07 Å². The number of nitrogens with one attached hydrogen (secondary N) is 2. The number of aryl methyl sites for hydroxylation is 1. The van der Waals surface area contributed by atoms with E-state index < -0.39 is 5.82 Å². The molecule has 4 N–H and O–H groups in total. The average Bonchev–Trinajstić information content (AvgIpc) is 3.20. The van der Waals surface area contributed by atoms with Crippen molar-refractivity contribution in [1.82, 2.24) is 19.7 Å². The van der Waals surface area contributed by atoms with E-state index in [-0.39, 0.29) is 11.2 Å². The van der Waals surface area contributed by atoms with E-state index >= 15 is 0 Å². The van der Waals surface area contributed by atoms with Crippen molar-refractivity contribution in [3.63, 3.8) is 0 Å².